The molecule has 1 aliphatic rings. The molecule has 0 radical (unpaired) electrons. The van der Waals surface area contributed by atoms with Gasteiger partial charge in [0.2, 0.25) is 5.89 Å². The predicted molar refractivity (Wildman–Crippen MR) is 80.7 cm³/mol. The van der Waals surface area contributed by atoms with Gasteiger partial charge in [0.05, 0.1) is 17.0 Å². The third kappa shape index (κ3) is 2.83. The van der Waals surface area contributed by atoms with Crippen LogP contribution in [0.15, 0.2) is 4.52 Å². The lowest BCUT2D eigenvalue weighted by Gasteiger charge is -2.17. The van der Waals surface area contributed by atoms with Gasteiger partial charge in [0.1, 0.15) is 11.4 Å². The monoisotopic (exact) mass is 320 g/mol. The molecule has 2 aromatic heterocycles. The van der Waals surface area contributed by atoms with Gasteiger partial charge in [-0.15, -0.1) is 0 Å². The summed E-state index contributed by atoms with van der Waals surface area (Å²) in [6.07, 6.45) is 4.36. The van der Waals surface area contributed by atoms with E-state index in [1.54, 1.807) is 18.5 Å². The fourth-order valence-electron chi connectivity index (χ4n) is 3.16. The third-order valence-electron chi connectivity index (χ3n) is 4.47. The molecule has 1 fully saturated rings. The van der Waals surface area contributed by atoms with E-state index >= 15 is 0 Å². The number of nitrogens with zero attached hydrogens (tertiary/aromatic N) is 5. The maximum absolute atomic E-state index is 11.0. The van der Waals surface area contributed by atoms with Crippen LogP contribution in [0.2, 0.25) is 0 Å². The Labute approximate surface area is 133 Å². The molecular formula is C14H20N6O3. The summed E-state index contributed by atoms with van der Waals surface area (Å²) < 4.78 is 6.87. The number of nitro groups is 1. The van der Waals surface area contributed by atoms with Gasteiger partial charge in [0.25, 0.3) is 0 Å². The number of aromatic nitrogens is 4. The zero-order valence-electron chi connectivity index (χ0n) is 13.3. The molecule has 2 aromatic rings. The Kier molecular flexibility index (Phi) is 3.88. The van der Waals surface area contributed by atoms with Crippen LogP contribution in [0.4, 0.5) is 5.69 Å². The van der Waals surface area contributed by atoms with Gasteiger partial charge in [-0.05, 0) is 26.7 Å². The highest BCUT2D eigenvalue weighted by atomic mass is 16.6. The number of hydrogen-bond acceptors (Lipinski definition) is 7. The first-order valence-electron chi connectivity index (χ1n) is 7.71. The molecule has 2 heterocycles. The average Bonchev–Trinajstić information content (AvgIpc) is 3.17. The van der Waals surface area contributed by atoms with Crippen molar-refractivity contribution in [2.24, 2.45) is 5.73 Å². The van der Waals surface area contributed by atoms with Crippen LogP contribution in [0.1, 0.15) is 48.8 Å². The summed E-state index contributed by atoms with van der Waals surface area (Å²) >= 11 is 0. The van der Waals surface area contributed by atoms with Crippen molar-refractivity contribution in [1.82, 2.24) is 19.9 Å². The van der Waals surface area contributed by atoms with Crippen LogP contribution >= 0.6 is 0 Å². The summed E-state index contributed by atoms with van der Waals surface area (Å²) in [5, 5.41) is 19.2. The second-order valence-corrected chi connectivity index (χ2v) is 6.12. The van der Waals surface area contributed by atoms with E-state index in [1.807, 2.05) is 0 Å². The fraction of sp³-hybridized carbons (Fsp3) is 0.643. The summed E-state index contributed by atoms with van der Waals surface area (Å²) in [6.45, 7) is 3.76. The minimum atomic E-state index is -0.473. The van der Waals surface area contributed by atoms with Crippen molar-refractivity contribution in [2.45, 2.75) is 58.0 Å². The molecule has 0 spiro atoms. The van der Waals surface area contributed by atoms with Gasteiger partial charge < -0.3 is 10.3 Å². The summed E-state index contributed by atoms with van der Waals surface area (Å²) in [7, 11) is 0. The summed E-state index contributed by atoms with van der Waals surface area (Å²) in [5.74, 6) is 1.04. The molecule has 3 rings (SSSR count). The van der Waals surface area contributed by atoms with Crippen LogP contribution in [-0.4, -0.2) is 24.8 Å². The molecule has 0 bridgehead atoms. The molecule has 1 aliphatic carbocycles. The SMILES string of the molecule is Cc1nn(CCc2nc(C3(N)CCCC3)no2)c(C)c1[N+](=O)[O-]. The normalized spacial score (nSPS) is 16.8. The number of nitrogens with two attached hydrogens (primary N) is 1. The van der Waals surface area contributed by atoms with Gasteiger partial charge >= 0.3 is 5.69 Å². The Morgan fingerprint density at radius 1 is 1.39 bits per heavy atom. The van der Waals surface area contributed by atoms with Crippen molar-refractivity contribution in [3.8, 4) is 0 Å². The minimum Gasteiger partial charge on any atom is -0.339 e. The van der Waals surface area contributed by atoms with Crippen molar-refractivity contribution >= 4 is 5.69 Å². The quantitative estimate of drug-likeness (QED) is 0.657. The van der Waals surface area contributed by atoms with Crippen molar-refractivity contribution < 1.29 is 9.45 Å². The lowest BCUT2D eigenvalue weighted by Crippen LogP contribution is -2.34. The van der Waals surface area contributed by atoms with E-state index in [4.69, 9.17) is 10.3 Å². The van der Waals surface area contributed by atoms with Crippen LogP contribution in [0.3, 0.4) is 0 Å². The number of rotatable bonds is 5. The molecule has 2 N–H and O–H groups in total. The summed E-state index contributed by atoms with van der Waals surface area (Å²) in [4.78, 5) is 15.0. The van der Waals surface area contributed by atoms with Gasteiger partial charge in [-0.1, -0.05) is 18.0 Å². The van der Waals surface area contributed by atoms with Crippen molar-refractivity contribution in [2.75, 3.05) is 0 Å². The maximum atomic E-state index is 11.0. The van der Waals surface area contributed by atoms with E-state index in [0.717, 1.165) is 25.7 Å². The Bertz CT molecular complexity index is 729. The third-order valence-corrected chi connectivity index (χ3v) is 4.47. The van der Waals surface area contributed by atoms with Crippen molar-refractivity contribution in [3.63, 3.8) is 0 Å². The molecule has 1 saturated carbocycles. The predicted octanol–water partition coefficient (Wildman–Crippen LogP) is 1.76. The molecule has 0 amide bonds. The van der Waals surface area contributed by atoms with E-state index in [0.29, 0.717) is 36.1 Å². The molecule has 9 heteroatoms. The molecule has 23 heavy (non-hydrogen) atoms. The molecule has 0 aliphatic heterocycles. The number of aryl methyl sites for hydroxylation is 3. The topological polar surface area (TPSA) is 126 Å². The molecule has 0 saturated heterocycles. The van der Waals surface area contributed by atoms with Crippen LogP contribution in [0.5, 0.6) is 0 Å². The van der Waals surface area contributed by atoms with E-state index in [2.05, 4.69) is 15.2 Å². The zero-order chi connectivity index (χ0) is 16.6. The molecule has 0 unspecified atom stereocenters. The van der Waals surface area contributed by atoms with Gasteiger partial charge in [-0.3, -0.25) is 14.8 Å². The Balaban J connectivity index is 1.71. The van der Waals surface area contributed by atoms with Crippen LogP contribution in [-0.2, 0) is 18.5 Å². The highest BCUT2D eigenvalue weighted by Gasteiger charge is 2.35. The largest absolute Gasteiger partial charge is 0.339 e. The first-order chi connectivity index (χ1) is 10.9. The van der Waals surface area contributed by atoms with Gasteiger partial charge in [0.15, 0.2) is 5.82 Å². The van der Waals surface area contributed by atoms with Gasteiger partial charge in [0, 0.05) is 6.42 Å². The molecule has 124 valence electrons. The summed E-state index contributed by atoms with van der Waals surface area (Å²) in [6, 6.07) is 0. The van der Waals surface area contributed by atoms with E-state index < -0.39 is 10.5 Å². The van der Waals surface area contributed by atoms with Crippen molar-refractivity contribution in [1.29, 1.82) is 0 Å². The minimum absolute atomic E-state index is 0.0584. The lowest BCUT2D eigenvalue weighted by atomic mass is 9.99. The van der Waals surface area contributed by atoms with Crippen molar-refractivity contribution in [3.05, 3.63) is 33.2 Å². The lowest BCUT2D eigenvalue weighted by molar-refractivity contribution is -0.386. The van der Waals surface area contributed by atoms with Crippen LogP contribution < -0.4 is 5.73 Å². The Morgan fingerprint density at radius 3 is 2.70 bits per heavy atom. The van der Waals surface area contributed by atoms with Gasteiger partial charge in [-0.25, -0.2) is 0 Å². The standard InChI is InChI=1S/C14H20N6O3/c1-9-12(20(21)22)10(2)19(17-9)8-5-11-16-13(18-23-11)14(15)6-3-4-7-14/h3-8,15H2,1-2H3. The van der Waals surface area contributed by atoms with Gasteiger partial charge in [-0.2, -0.15) is 10.1 Å². The van der Waals surface area contributed by atoms with Crippen LogP contribution in [0, 0.1) is 24.0 Å². The first-order valence-corrected chi connectivity index (χ1v) is 7.71. The average molecular weight is 320 g/mol. The van der Waals surface area contributed by atoms with Crippen LogP contribution in [0.25, 0.3) is 0 Å². The molecule has 9 nitrogen and oxygen atoms in total. The molecular weight excluding hydrogens is 300 g/mol. The van der Waals surface area contributed by atoms with E-state index in [1.165, 1.54) is 0 Å². The second-order valence-electron chi connectivity index (χ2n) is 6.12. The molecule has 0 atom stereocenters. The highest BCUT2D eigenvalue weighted by Crippen LogP contribution is 2.34. The Morgan fingerprint density at radius 2 is 2.09 bits per heavy atom. The van der Waals surface area contributed by atoms with E-state index in [-0.39, 0.29) is 5.69 Å². The maximum Gasteiger partial charge on any atom is 0.312 e. The summed E-state index contributed by atoms with van der Waals surface area (Å²) in [5.41, 5.74) is 6.82. The Hall–Kier alpha value is -2.29. The zero-order valence-corrected chi connectivity index (χ0v) is 13.3. The van der Waals surface area contributed by atoms with E-state index in [9.17, 15) is 10.1 Å². The number of hydrogen-bond donors (Lipinski definition) is 1. The second kappa shape index (κ2) is 5.73. The molecule has 0 aromatic carbocycles. The first kappa shape index (κ1) is 15.6. The highest BCUT2D eigenvalue weighted by molar-refractivity contribution is 5.39. The fourth-order valence-corrected chi connectivity index (χ4v) is 3.16. The smallest absolute Gasteiger partial charge is 0.312 e.